The minimum Gasteiger partial charge on any atom is -0.494 e. The van der Waals surface area contributed by atoms with Crippen molar-refractivity contribution in [2.45, 2.75) is 64.7 Å². The average molecular weight is 718 g/mol. The molecule has 0 radical (unpaired) electrons. The molecule has 0 aliphatic heterocycles. The first-order valence-electron chi connectivity index (χ1n) is 19.4. The van der Waals surface area contributed by atoms with E-state index in [0.29, 0.717) is 0 Å². The van der Waals surface area contributed by atoms with Gasteiger partial charge in [0.1, 0.15) is 11.5 Å². The maximum absolute atomic E-state index is 6.01. The van der Waals surface area contributed by atoms with Crippen molar-refractivity contribution in [2.24, 2.45) is 20.5 Å². The van der Waals surface area contributed by atoms with Crippen LogP contribution in [0, 0.1) is 0 Å². The number of azo groups is 2. The van der Waals surface area contributed by atoms with Gasteiger partial charge in [-0.3, -0.25) is 0 Å². The number of hydrogen-bond donors (Lipinski definition) is 1. The van der Waals surface area contributed by atoms with E-state index in [0.717, 1.165) is 99.6 Å². The third kappa shape index (κ3) is 10.9. The van der Waals surface area contributed by atoms with Gasteiger partial charge < -0.3 is 14.8 Å². The Morgan fingerprint density at radius 2 is 0.907 bits per heavy atom. The highest BCUT2D eigenvalue weighted by molar-refractivity contribution is 6.01. The number of fused-ring (bicyclic) bond motifs is 2. The molecule has 0 bridgehead atoms. The van der Waals surface area contributed by atoms with Crippen LogP contribution in [0.2, 0.25) is 0 Å². The van der Waals surface area contributed by atoms with Gasteiger partial charge in [0, 0.05) is 33.8 Å². The van der Waals surface area contributed by atoms with Crippen LogP contribution in [0.1, 0.15) is 70.3 Å². The van der Waals surface area contributed by atoms with Gasteiger partial charge in [0.15, 0.2) is 0 Å². The monoisotopic (exact) mass is 717 g/mol. The lowest BCUT2D eigenvalue weighted by molar-refractivity contribution is 0.302. The van der Waals surface area contributed by atoms with E-state index in [9.17, 15) is 0 Å². The Kier molecular flexibility index (Phi) is 14.3. The van der Waals surface area contributed by atoms with E-state index in [1.165, 1.54) is 44.9 Å². The predicted molar refractivity (Wildman–Crippen MR) is 226 cm³/mol. The average Bonchev–Trinajstić information content (AvgIpc) is 3.22. The molecule has 0 fully saturated rings. The summed E-state index contributed by atoms with van der Waals surface area (Å²) in [5, 5.41) is 26.1. The summed E-state index contributed by atoms with van der Waals surface area (Å²) in [4.78, 5) is 0. The summed E-state index contributed by atoms with van der Waals surface area (Å²) < 4.78 is 11.8. The molecule has 6 aromatic rings. The molecular weight excluding hydrogens is 667 g/mol. The molecule has 1 N–H and O–H groups in total. The molecule has 0 aliphatic rings. The molecular formula is C47H51N5O2. The summed E-state index contributed by atoms with van der Waals surface area (Å²) in [5.74, 6) is 1.80. The topological polar surface area (TPSA) is 79.9 Å². The van der Waals surface area contributed by atoms with Crippen molar-refractivity contribution >= 4 is 56.1 Å². The van der Waals surface area contributed by atoms with Gasteiger partial charge in [0.25, 0.3) is 0 Å². The van der Waals surface area contributed by atoms with Gasteiger partial charge in [0.2, 0.25) is 0 Å². The van der Waals surface area contributed by atoms with Crippen molar-refractivity contribution in [3.05, 3.63) is 133 Å². The first-order valence-corrected chi connectivity index (χ1v) is 19.4. The van der Waals surface area contributed by atoms with E-state index in [-0.39, 0.29) is 0 Å². The SMILES string of the molecule is C=Cc1ccc(OCCCCCCCCCCCOc2ccc(N=Nc3ccc(N=Nc4ccc(NCC)c5ccccc45)c4ccccc34)cc2)cc1. The number of unbranched alkanes of at least 4 members (excludes halogenated alkanes) is 8. The Morgan fingerprint density at radius 1 is 0.481 bits per heavy atom. The Labute approximate surface area is 319 Å². The smallest absolute Gasteiger partial charge is 0.119 e. The Balaban J connectivity index is 0.904. The van der Waals surface area contributed by atoms with E-state index in [1.807, 2.05) is 109 Å². The van der Waals surface area contributed by atoms with Crippen LogP contribution in [-0.2, 0) is 0 Å². The highest BCUT2D eigenvalue weighted by Gasteiger charge is 2.08. The lowest BCUT2D eigenvalue weighted by atomic mass is 10.1. The molecule has 0 saturated heterocycles. The first-order chi connectivity index (χ1) is 26.7. The van der Waals surface area contributed by atoms with Gasteiger partial charge in [0.05, 0.1) is 36.0 Å². The summed E-state index contributed by atoms with van der Waals surface area (Å²) in [5.41, 5.74) is 5.38. The molecule has 0 amide bonds. The molecule has 276 valence electrons. The molecule has 0 aliphatic carbocycles. The second-order valence-electron chi connectivity index (χ2n) is 13.4. The van der Waals surface area contributed by atoms with Crippen LogP contribution in [0.5, 0.6) is 11.5 Å². The molecule has 0 heterocycles. The van der Waals surface area contributed by atoms with Gasteiger partial charge >= 0.3 is 0 Å². The molecule has 0 spiro atoms. The van der Waals surface area contributed by atoms with Gasteiger partial charge in [-0.15, -0.1) is 15.3 Å². The maximum atomic E-state index is 6.01. The van der Waals surface area contributed by atoms with Crippen molar-refractivity contribution in [3.8, 4) is 11.5 Å². The van der Waals surface area contributed by atoms with Gasteiger partial charge in [-0.2, -0.15) is 5.11 Å². The van der Waals surface area contributed by atoms with Crippen LogP contribution in [0.4, 0.5) is 28.4 Å². The van der Waals surface area contributed by atoms with Crippen LogP contribution in [0.15, 0.2) is 148 Å². The van der Waals surface area contributed by atoms with Crippen LogP contribution in [-0.4, -0.2) is 19.8 Å². The number of rotatable bonds is 21. The number of nitrogens with one attached hydrogen (secondary N) is 1. The van der Waals surface area contributed by atoms with Crippen LogP contribution in [0.25, 0.3) is 27.6 Å². The molecule has 0 atom stereocenters. The molecule has 7 nitrogen and oxygen atoms in total. The van der Waals surface area contributed by atoms with Gasteiger partial charge in [-0.1, -0.05) is 118 Å². The zero-order valence-corrected chi connectivity index (χ0v) is 31.4. The quantitative estimate of drug-likeness (QED) is 0.0594. The lowest BCUT2D eigenvalue weighted by Crippen LogP contribution is -1.97. The van der Waals surface area contributed by atoms with E-state index in [4.69, 9.17) is 9.47 Å². The third-order valence-corrected chi connectivity index (χ3v) is 9.46. The summed E-state index contributed by atoms with van der Waals surface area (Å²) in [6.07, 6.45) is 12.9. The fourth-order valence-corrected chi connectivity index (χ4v) is 6.51. The normalized spacial score (nSPS) is 11.5. The fraction of sp³-hybridized carbons (Fsp3) is 0.277. The van der Waals surface area contributed by atoms with Crippen LogP contribution in [0.3, 0.4) is 0 Å². The number of nitrogens with zero attached hydrogens (tertiary/aromatic N) is 4. The van der Waals surface area contributed by atoms with Crippen LogP contribution >= 0.6 is 0 Å². The Bertz CT molecular complexity index is 2140. The van der Waals surface area contributed by atoms with Crippen molar-refractivity contribution in [1.82, 2.24) is 0 Å². The summed E-state index contributed by atoms with van der Waals surface area (Å²) in [6.45, 7) is 8.25. The maximum Gasteiger partial charge on any atom is 0.119 e. The van der Waals surface area contributed by atoms with Crippen molar-refractivity contribution < 1.29 is 9.47 Å². The van der Waals surface area contributed by atoms with Crippen molar-refractivity contribution in [3.63, 3.8) is 0 Å². The van der Waals surface area contributed by atoms with E-state index in [1.54, 1.807) is 0 Å². The highest BCUT2D eigenvalue weighted by Crippen LogP contribution is 2.37. The number of benzene rings is 6. The highest BCUT2D eigenvalue weighted by atomic mass is 16.5. The van der Waals surface area contributed by atoms with Crippen molar-refractivity contribution in [1.29, 1.82) is 0 Å². The molecule has 6 aromatic carbocycles. The molecule has 54 heavy (non-hydrogen) atoms. The summed E-state index contributed by atoms with van der Waals surface area (Å²) in [7, 11) is 0. The Hall–Kier alpha value is -5.82. The zero-order valence-electron chi connectivity index (χ0n) is 31.4. The molecule has 7 heteroatoms. The van der Waals surface area contributed by atoms with E-state index >= 15 is 0 Å². The molecule has 0 aromatic heterocycles. The van der Waals surface area contributed by atoms with Crippen LogP contribution < -0.4 is 14.8 Å². The second kappa shape index (κ2) is 20.4. The number of ether oxygens (including phenoxy) is 2. The van der Waals surface area contributed by atoms with Gasteiger partial charge in [-0.25, -0.2) is 0 Å². The minimum atomic E-state index is 0.727. The minimum absolute atomic E-state index is 0.727. The first kappa shape index (κ1) is 37.9. The van der Waals surface area contributed by atoms with E-state index in [2.05, 4.69) is 57.5 Å². The van der Waals surface area contributed by atoms with E-state index < -0.39 is 0 Å². The Morgan fingerprint density at radius 3 is 1.41 bits per heavy atom. The van der Waals surface area contributed by atoms with Crippen molar-refractivity contribution in [2.75, 3.05) is 25.1 Å². The molecule has 0 unspecified atom stereocenters. The molecule has 6 rings (SSSR count). The molecule has 0 saturated carbocycles. The number of hydrogen-bond acceptors (Lipinski definition) is 7. The second-order valence-corrected chi connectivity index (χ2v) is 13.4. The fourth-order valence-electron chi connectivity index (χ4n) is 6.51. The van der Waals surface area contributed by atoms with Gasteiger partial charge in [-0.05, 0) is 86.0 Å². The largest absolute Gasteiger partial charge is 0.494 e. The zero-order chi connectivity index (χ0) is 37.2. The number of anilines is 1. The summed E-state index contributed by atoms with van der Waals surface area (Å²) >= 11 is 0. The summed E-state index contributed by atoms with van der Waals surface area (Å²) in [6, 6.07) is 40.3. The lowest BCUT2D eigenvalue weighted by Gasteiger charge is -2.09. The standard InChI is InChI=1S/C47H51N5O2/c1-3-36-22-26-38(27-23-36)53-34-16-10-8-6-5-7-9-11-17-35-54-39-28-24-37(25-29-39)49-50-45-32-33-47(43-21-15-14-20-42(43)45)52-51-46-31-30-44(48-4-2)40-18-12-13-19-41(40)46/h3,12-15,18-33,48H,1,4-11,16-17,34-35H2,2H3. The third-order valence-electron chi connectivity index (χ3n) is 9.46. The predicted octanol–water partition coefficient (Wildman–Crippen LogP) is 14.9.